The number of anilines is 1. The molecule has 2 aromatic carbocycles. The zero-order valence-corrected chi connectivity index (χ0v) is 10.8. The standard InChI is InChI=1S/C15H13F2NO2/c1-9-12(6-3-7-13(9)19)18-14(20)8-10-4-2-5-11(16)15(10)17/h2-7,19H,8H2,1H3,(H,18,20). The molecule has 0 atom stereocenters. The molecule has 0 radical (unpaired) electrons. The predicted molar refractivity (Wildman–Crippen MR) is 71.5 cm³/mol. The average Bonchev–Trinajstić information content (AvgIpc) is 2.40. The summed E-state index contributed by atoms with van der Waals surface area (Å²) in [5.41, 5.74) is 0.938. The molecule has 0 unspecified atom stereocenters. The molecule has 0 spiro atoms. The van der Waals surface area contributed by atoms with Crippen LogP contribution in [0.15, 0.2) is 36.4 Å². The summed E-state index contributed by atoms with van der Waals surface area (Å²) < 4.78 is 26.5. The van der Waals surface area contributed by atoms with Crippen LogP contribution in [-0.4, -0.2) is 11.0 Å². The summed E-state index contributed by atoms with van der Waals surface area (Å²) >= 11 is 0. The summed E-state index contributed by atoms with van der Waals surface area (Å²) in [4.78, 5) is 11.8. The van der Waals surface area contributed by atoms with Crippen molar-refractivity contribution in [3.8, 4) is 5.75 Å². The molecule has 0 aliphatic heterocycles. The van der Waals surface area contributed by atoms with Gasteiger partial charge in [0.1, 0.15) is 5.75 Å². The number of phenols is 1. The number of phenolic OH excluding ortho intramolecular Hbond substituents is 1. The van der Waals surface area contributed by atoms with Crippen LogP contribution in [-0.2, 0) is 11.2 Å². The fourth-order valence-electron chi connectivity index (χ4n) is 1.81. The average molecular weight is 277 g/mol. The monoisotopic (exact) mass is 277 g/mol. The van der Waals surface area contributed by atoms with Gasteiger partial charge < -0.3 is 10.4 Å². The lowest BCUT2D eigenvalue weighted by atomic mass is 10.1. The Morgan fingerprint density at radius 3 is 2.65 bits per heavy atom. The number of hydrogen-bond acceptors (Lipinski definition) is 2. The summed E-state index contributed by atoms with van der Waals surface area (Å²) in [6.07, 6.45) is -0.279. The van der Waals surface area contributed by atoms with Gasteiger partial charge in [0.25, 0.3) is 0 Å². The molecule has 0 aromatic heterocycles. The van der Waals surface area contributed by atoms with Gasteiger partial charge in [-0.15, -0.1) is 0 Å². The summed E-state index contributed by atoms with van der Waals surface area (Å²) in [5.74, 6) is -2.43. The van der Waals surface area contributed by atoms with E-state index in [0.717, 1.165) is 6.07 Å². The van der Waals surface area contributed by atoms with Crippen LogP contribution in [0.2, 0.25) is 0 Å². The van der Waals surface area contributed by atoms with Crippen LogP contribution in [0.4, 0.5) is 14.5 Å². The van der Waals surface area contributed by atoms with Crippen molar-refractivity contribution in [2.75, 3.05) is 5.32 Å². The van der Waals surface area contributed by atoms with Gasteiger partial charge in [-0.2, -0.15) is 0 Å². The van der Waals surface area contributed by atoms with Crippen LogP contribution in [0.25, 0.3) is 0 Å². The number of benzene rings is 2. The van der Waals surface area contributed by atoms with Crippen LogP contribution in [0.1, 0.15) is 11.1 Å². The largest absolute Gasteiger partial charge is 0.508 e. The molecular formula is C15H13F2NO2. The van der Waals surface area contributed by atoms with Gasteiger partial charge in [-0.3, -0.25) is 4.79 Å². The van der Waals surface area contributed by atoms with Gasteiger partial charge in [-0.1, -0.05) is 18.2 Å². The Morgan fingerprint density at radius 1 is 1.20 bits per heavy atom. The maximum atomic E-state index is 13.4. The molecule has 1 amide bonds. The molecule has 0 saturated heterocycles. The van der Waals surface area contributed by atoms with Crippen molar-refractivity contribution in [2.24, 2.45) is 0 Å². The van der Waals surface area contributed by atoms with Gasteiger partial charge in [-0.25, -0.2) is 8.78 Å². The third kappa shape index (κ3) is 2.93. The molecule has 0 bridgehead atoms. The number of carbonyl (C=O) groups is 1. The number of aromatic hydroxyl groups is 1. The highest BCUT2D eigenvalue weighted by molar-refractivity contribution is 5.93. The number of nitrogens with one attached hydrogen (secondary N) is 1. The van der Waals surface area contributed by atoms with Gasteiger partial charge in [-0.05, 0) is 25.1 Å². The summed E-state index contributed by atoms with van der Waals surface area (Å²) in [6.45, 7) is 1.65. The first kappa shape index (κ1) is 14.0. The highest BCUT2D eigenvalue weighted by Gasteiger charge is 2.13. The minimum absolute atomic E-state index is 0.0136. The van der Waals surface area contributed by atoms with Crippen molar-refractivity contribution in [3.63, 3.8) is 0 Å². The van der Waals surface area contributed by atoms with Crippen molar-refractivity contribution < 1.29 is 18.7 Å². The molecule has 2 rings (SSSR count). The lowest BCUT2D eigenvalue weighted by Crippen LogP contribution is -2.16. The zero-order chi connectivity index (χ0) is 14.7. The Labute approximate surface area is 114 Å². The molecule has 2 N–H and O–H groups in total. The summed E-state index contributed by atoms with van der Waals surface area (Å²) in [7, 11) is 0. The number of rotatable bonds is 3. The van der Waals surface area contributed by atoms with E-state index >= 15 is 0 Å². The van der Waals surface area contributed by atoms with E-state index in [1.165, 1.54) is 18.2 Å². The number of halogens is 2. The van der Waals surface area contributed by atoms with Crippen molar-refractivity contribution in [2.45, 2.75) is 13.3 Å². The van der Waals surface area contributed by atoms with Gasteiger partial charge in [0.2, 0.25) is 5.91 Å². The first-order valence-electron chi connectivity index (χ1n) is 6.00. The molecule has 3 nitrogen and oxygen atoms in total. The third-order valence-corrected chi connectivity index (χ3v) is 2.96. The fourth-order valence-corrected chi connectivity index (χ4v) is 1.81. The zero-order valence-electron chi connectivity index (χ0n) is 10.8. The van der Waals surface area contributed by atoms with E-state index in [4.69, 9.17) is 0 Å². The van der Waals surface area contributed by atoms with E-state index in [0.29, 0.717) is 11.3 Å². The van der Waals surface area contributed by atoms with Crippen LogP contribution in [0, 0.1) is 18.6 Å². The van der Waals surface area contributed by atoms with E-state index < -0.39 is 17.5 Å². The smallest absolute Gasteiger partial charge is 0.228 e. The lowest BCUT2D eigenvalue weighted by Gasteiger charge is -2.10. The topological polar surface area (TPSA) is 49.3 Å². The molecule has 5 heteroatoms. The van der Waals surface area contributed by atoms with Crippen molar-refractivity contribution in [3.05, 3.63) is 59.2 Å². The Bertz CT molecular complexity index is 601. The molecular weight excluding hydrogens is 264 g/mol. The number of carbonyl (C=O) groups excluding carboxylic acids is 1. The molecule has 0 aliphatic rings. The minimum atomic E-state index is -1.02. The molecule has 20 heavy (non-hydrogen) atoms. The van der Waals surface area contributed by atoms with Crippen molar-refractivity contribution in [1.29, 1.82) is 0 Å². The Morgan fingerprint density at radius 2 is 1.90 bits per heavy atom. The van der Waals surface area contributed by atoms with Crippen molar-refractivity contribution in [1.82, 2.24) is 0 Å². The highest BCUT2D eigenvalue weighted by Crippen LogP contribution is 2.24. The molecule has 0 saturated carbocycles. The van der Waals surface area contributed by atoms with Crippen molar-refractivity contribution >= 4 is 11.6 Å². The van der Waals surface area contributed by atoms with Crippen LogP contribution in [0.5, 0.6) is 5.75 Å². The molecule has 104 valence electrons. The Hall–Kier alpha value is -2.43. The second kappa shape index (κ2) is 5.69. The van der Waals surface area contributed by atoms with Gasteiger partial charge >= 0.3 is 0 Å². The fraction of sp³-hybridized carbons (Fsp3) is 0.133. The first-order chi connectivity index (χ1) is 9.49. The first-order valence-corrected chi connectivity index (χ1v) is 6.00. The molecule has 0 aliphatic carbocycles. The van der Waals surface area contributed by atoms with Gasteiger partial charge in [0.15, 0.2) is 11.6 Å². The summed E-state index contributed by atoms with van der Waals surface area (Å²) in [6, 6.07) is 8.40. The number of amides is 1. The van der Waals surface area contributed by atoms with E-state index in [9.17, 15) is 18.7 Å². The minimum Gasteiger partial charge on any atom is -0.508 e. The predicted octanol–water partition coefficient (Wildman–Crippen LogP) is 3.16. The molecule has 0 heterocycles. The van der Waals surface area contributed by atoms with E-state index in [2.05, 4.69) is 5.32 Å². The molecule has 0 fully saturated rings. The van der Waals surface area contributed by atoms with E-state index in [1.807, 2.05) is 0 Å². The maximum absolute atomic E-state index is 13.4. The van der Waals surface area contributed by atoms with E-state index in [-0.39, 0.29) is 17.7 Å². The summed E-state index contributed by atoms with van der Waals surface area (Å²) in [5, 5.41) is 12.1. The Balaban J connectivity index is 2.13. The van der Waals surface area contributed by atoms with Crippen LogP contribution in [0.3, 0.4) is 0 Å². The van der Waals surface area contributed by atoms with Gasteiger partial charge in [0.05, 0.1) is 6.42 Å². The van der Waals surface area contributed by atoms with E-state index in [1.54, 1.807) is 19.1 Å². The molecule has 2 aromatic rings. The second-order valence-corrected chi connectivity index (χ2v) is 4.39. The third-order valence-electron chi connectivity index (χ3n) is 2.96. The van der Waals surface area contributed by atoms with Crippen LogP contribution >= 0.6 is 0 Å². The maximum Gasteiger partial charge on any atom is 0.228 e. The highest BCUT2D eigenvalue weighted by atomic mass is 19.2. The quantitative estimate of drug-likeness (QED) is 0.905. The second-order valence-electron chi connectivity index (χ2n) is 4.39. The normalized spacial score (nSPS) is 10.3. The SMILES string of the molecule is Cc1c(O)cccc1NC(=O)Cc1cccc(F)c1F. The van der Waals surface area contributed by atoms with Crippen LogP contribution < -0.4 is 5.32 Å². The van der Waals surface area contributed by atoms with Gasteiger partial charge in [0, 0.05) is 16.8 Å². The Kier molecular flexibility index (Phi) is 3.98. The lowest BCUT2D eigenvalue weighted by molar-refractivity contribution is -0.115. The number of hydrogen-bond donors (Lipinski definition) is 2.